The van der Waals surface area contributed by atoms with E-state index >= 15 is 0 Å². The van der Waals surface area contributed by atoms with E-state index in [1.165, 1.54) is 0 Å². The van der Waals surface area contributed by atoms with E-state index in [1.807, 2.05) is 31.2 Å². The molecule has 4 rings (SSSR count). The van der Waals surface area contributed by atoms with Gasteiger partial charge < -0.3 is 10.1 Å². The standard InChI is InChI=1S/C21H20N6O3/c1-12-15-5-3-4-6-16(15)24-20(22-12)27-21-25-17(11-18(28)26-21)19(29)23-13-7-9-14(30-2)10-8-13/h3-10,17H,11H2,1-2H3,(H,23,29)(H2,22,24,25,26,27,28)/t17-/m0/s1. The number of aliphatic imine (C=N–C) groups is 1. The van der Waals surface area contributed by atoms with Gasteiger partial charge in [0.1, 0.15) is 11.8 Å². The van der Waals surface area contributed by atoms with E-state index in [9.17, 15) is 9.59 Å². The van der Waals surface area contributed by atoms with Gasteiger partial charge in [0.2, 0.25) is 23.7 Å². The van der Waals surface area contributed by atoms with Crippen LogP contribution in [0, 0.1) is 6.92 Å². The highest BCUT2D eigenvalue weighted by Crippen LogP contribution is 2.18. The van der Waals surface area contributed by atoms with Gasteiger partial charge in [-0.15, -0.1) is 0 Å². The summed E-state index contributed by atoms with van der Waals surface area (Å²) in [7, 11) is 1.57. The van der Waals surface area contributed by atoms with Gasteiger partial charge in [-0.2, -0.15) is 0 Å². The molecule has 0 saturated heterocycles. The molecule has 2 heterocycles. The van der Waals surface area contributed by atoms with Crippen LogP contribution in [0.4, 0.5) is 11.6 Å². The normalized spacial score (nSPS) is 15.9. The van der Waals surface area contributed by atoms with Crippen molar-refractivity contribution in [1.29, 1.82) is 0 Å². The number of amides is 2. The van der Waals surface area contributed by atoms with Gasteiger partial charge in [0.15, 0.2) is 0 Å². The number of rotatable bonds is 4. The average Bonchev–Trinajstić information content (AvgIpc) is 2.74. The number of nitrogens with one attached hydrogen (secondary N) is 3. The number of hydrogen-bond acceptors (Lipinski definition) is 7. The lowest BCUT2D eigenvalue weighted by molar-refractivity contribution is -0.124. The number of fused-ring (bicyclic) bond motifs is 1. The van der Waals surface area contributed by atoms with Crippen LogP contribution in [-0.2, 0) is 9.59 Å². The van der Waals surface area contributed by atoms with Crippen LogP contribution in [0.3, 0.4) is 0 Å². The molecule has 0 aliphatic carbocycles. The van der Waals surface area contributed by atoms with Gasteiger partial charge in [0, 0.05) is 11.1 Å². The van der Waals surface area contributed by atoms with Crippen molar-refractivity contribution in [2.45, 2.75) is 19.4 Å². The van der Waals surface area contributed by atoms with Crippen molar-refractivity contribution in [1.82, 2.24) is 15.3 Å². The van der Waals surface area contributed by atoms with Gasteiger partial charge in [-0.05, 0) is 37.3 Å². The zero-order chi connectivity index (χ0) is 21.1. The summed E-state index contributed by atoms with van der Waals surface area (Å²) in [6.45, 7) is 1.88. The van der Waals surface area contributed by atoms with Crippen LogP contribution in [-0.4, -0.2) is 40.9 Å². The lowest BCUT2D eigenvalue weighted by Crippen LogP contribution is -2.46. The minimum Gasteiger partial charge on any atom is -0.497 e. The van der Waals surface area contributed by atoms with Crippen molar-refractivity contribution >= 4 is 40.3 Å². The molecule has 30 heavy (non-hydrogen) atoms. The molecular formula is C21H20N6O3. The van der Waals surface area contributed by atoms with Gasteiger partial charge >= 0.3 is 0 Å². The highest BCUT2D eigenvalue weighted by Gasteiger charge is 2.27. The molecule has 3 aromatic rings. The minimum absolute atomic E-state index is 0.0508. The Morgan fingerprint density at radius 3 is 2.67 bits per heavy atom. The monoisotopic (exact) mass is 404 g/mol. The van der Waals surface area contributed by atoms with E-state index in [0.29, 0.717) is 17.4 Å². The number of nitrogens with zero attached hydrogens (tertiary/aromatic N) is 3. The van der Waals surface area contributed by atoms with Crippen LogP contribution in [0.1, 0.15) is 12.1 Å². The second-order valence-electron chi connectivity index (χ2n) is 6.74. The second kappa shape index (κ2) is 8.16. The Kier molecular flexibility index (Phi) is 5.25. The fraction of sp³-hybridized carbons (Fsp3) is 0.190. The molecule has 2 aromatic carbocycles. The summed E-state index contributed by atoms with van der Waals surface area (Å²) in [4.78, 5) is 37.9. The highest BCUT2D eigenvalue weighted by atomic mass is 16.5. The summed E-state index contributed by atoms with van der Waals surface area (Å²) in [6.07, 6.45) is -0.0508. The first-order valence-electron chi connectivity index (χ1n) is 9.35. The Morgan fingerprint density at radius 2 is 1.90 bits per heavy atom. The number of anilines is 2. The topological polar surface area (TPSA) is 118 Å². The lowest BCUT2D eigenvalue weighted by atomic mass is 10.1. The van der Waals surface area contributed by atoms with Crippen LogP contribution in [0.15, 0.2) is 53.5 Å². The van der Waals surface area contributed by atoms with Crippen LogP contribution in [0.5, 0.6) is 5.75 Å². The third-order valence-corrected chi connectivity index (χ3v) is 4.61. The molecule has 0 fully saturated rings. The fourth-order valence-corrected chi connectivity index (χ4v) is 3.10. The molecule has 1 aliphatic rings. The summed E-state index contributed by atoms with van der Waals surface area (Å²) in [5.41, 5.74) is 2.15. The van der Waals surface area contributed by atoms with E-state index in [0.717, 1.165) is 16.6 Å². The number of para-hydroxylation sites is 1. The van der Waals surface area contributed by atoms with Crippen molar-refractivity contribution in [2.24, 2.45) is 4.99 Å². The number of aromatic nitrogens is 2. The predicted octanol–water partition coefficient (Wildman–Crippen LogP) is 2.24. The smallest absolute Gasteiger partial charge is 0.249 e. The summed E-state index contributed by atoms with van der Waals surface area (Å²) in [5, 5.41) is 9.23. The Labute approximate surface area is 172 Å². The largest absolute Gasteiger partial charge is 0.497 e. The molecular weight excluding hydrogens is 384 g/mol. The van der Waals surface area contributed by atoms with Crippen LogP contribution < -0.4 is 20.7 Å². The molecule has 1 atom stereocenters. The van der Waals surface area contributed by atoms with Gasteiger partial charge in [-0.25, -0.2) is 15.0 Å². The van der Waals surface area contributed by atoms with Crippen LogP contribution >= 0.6 is 0 Å². The van der Waals surface area contributed by atoms with Crippen LogP contribution in [0.25, 0.3) is 10.9 Å². The van der Waals surface area contributed by atoms with Gasteiger partial charge in [0.05, 0.1) is 24.7 Å². The summed E-state index contributed by atoms with van der Waals surface area (Å²) < 4.78 is 5.10. The fourth-order valence-electron chi connectivity index (χ4n) is 3.10. The summed E-state index contributed by atoms with van der Waals surface area (Å²) in [5.74, 6) is 0.405. The molecule has 0 spiro atoms. The third kappa shape index (κ3) is 4.19. The van der Waals surface area contributed by atoms with E-state index in [2.05, 4.69) is 30.9 Å². The number of methoxy groups -OCH3 is 1. The summed E-state index contributed by atoms with van der Waals surface area (Å²) in [6, 6.07) is 13.7. The first-order valence-corrected chi connectivity index (χ1v) is 9.35. The van der Waals surface area contributed by atoms with Crippen molar-refractivity contribution in [3.05, 3.63) is 54.2 Å². The minimum atomic E-state index is -0.870. The van der Waals surface area contributed by atoms with Gasteiger partial charge in [-0.1, -0.05) is 18.2 Å². The van der Waals surface area contributed by atoms with E-state index in [4.69, 9.17) is 4.74 Å². The number of guanidine groups is 1. The Bertz CT molecular complexity index is 1140. The Morgan fingerprint density at radius 1 is 1.13 bits per heavy atom. The van der Waals surface area contributed by atoms with E-state index in [1.54, 1.807) is 31.4 Å². The molecule has 1 aliphatic heterocycles. The predicted molar refractivity (Wildman–Crippen MR) is 114 cm³/mol. The van der Waals surface area contributed by atoms with Crippen molar-refractivity contribution in [3.8, 4) is 5.75 Å². The Balaban J connectivity index is 1.52. The SMILES string of the molecule is COc1ccc(NC(=O)[C@@H]2CC(=O)NC(Nc3nc(C)c4ccccc4n3)=N2)cc1. The zero-order valence-electron chi connectivity index (χ0n) is 16.5. The van der Waals surface area contributed by atoms with E-state index < -0.39 is 6.04 Å². The molecule has 9 nitrogen and oxygen atoms in total. The lowest BCUT2D eigenvalue weighted by Gasteiger charge is -2.21. The maximum atomic E-state index is 12.6. The first-order chi connectivity index (χ1) is 14.5. The molecule has 0 unspecified atom stereocenters. The molecule has 0 bridgehead atoms. The van der Waals surface area contributed by atoms with Crippen LogP contribution in [0.2, 0.25) is 0 Å². The average molecular weight is 404 g/mol. The molecule has 0 saturated carbocycles. The third-order valence-electron chi connectivity index (χ3n) is 4.61. The number of hydrogen-bond donors (Lipinski definition) is 3. The van der Waals surface area contributed by atoms with Crippen molar-refractivity contribution in [3.63, 3.8) is 0 Å². The zero-order valence-corrected chi connectivity index (χ0v) is 16.5. The molecule has 9 heteroatoms. The molecule has 3 N–H and O–H groups in total. The molecule has 152 valence electrons. The highest BCUT2D eigenvalue weighted by molar-refractivity contribution is 6.09. The number of ether oxygens (including phenoxy) is 1. The molecule has 0 radical (unpaired) electrons. The number of aryl methyl sites for hydroxylation is 1. The second-order valence-corrected chi connectivity index (χ2v) is 6.74. The quantitative estimate of drug-likeness (QED) is 0.614. The van der Waals surface area contributed by atoms with Gasteiger partial charge in [-0.3, -0.25) is 20.2 Å². The van der Waals surface area contributed by atoms with Crippen molar-refractivity contribution < 1.29 is 14.3 Å². The van der Waals surface area contributed by atoms with Gasteiger partial charge in [0.25, 0.3) is 0 Å². The number of benzene rings is 2. The first kappa shape index (κ1) is 19.3. The van der Waals surface area contributed by atoms with Crippen molar-refractivity contribution in [2.75, 3.05) is 17.7 Å². The number of carbonyl (C=O) groups excluding carboxylic acids is 2. The maximum absolute atomic E-state index is 12.6. The van der Waals surface area contributed by atoms with E-state index in [-0.39, 0.29) is 24.2 Å². The summed E-state index contributed by atoms with van der Waals surface area (Å²) >= 11 is 0. The number of carbonyl (C=O) groups is 2. The maximum Gasteiger partial charge on any atom is 0.249 e. The molecule has 2 amide bonds. The Hall–Kier alpha value is -4.01. The molecule has 1 aromatic heterocycles.